The molecule has 0 N–H and O–H groups in total. The van der Waals surface area contributed by atoms with E-state index in [1.165, 1.54) is 0 Å². The maximum Gasteiger partial charge on any atom is 0.185 e. The minimum Gasteiger partial charge on any atom is -0.494 e. The molecule has 3 nitrogen and oxygen atoms in total. The molecule has 0 aliphatic heterocycles. The van der Waals surface area contributed by atoms with Gasteiger partial charge in [0.25, 0.3) is 0 Å². The van der Waals surface area contributed by atoms with Crippen LogP contribution >= 0.6 is 0 Å². The second-order valence-corrected chi connectivity index (χ2v) is 6.00. The lowest BCUT2D eigenvalue weighted by molar-refractivity contribution is 0.104. The zero-order valence-corrected chi connectivity index (χ0v) is 15.3. The number of hydrogen-bond acceptors (Lipinski definition) is 3. The van der Waals surface area contributed by atoms with Crippen molar-refractivity contribution in [3.05, 3.63) is 102 Å². The highest BCUT2D eigenvalue weighted by Crippen LogP contribution is 2.16. The van der Waals surface area contributed by atoms with Crippen LogP contribution in [0.3, 0.4) is 0 Å². The van der Waals surface area contributed by atoms with Gasteiger partial charge in [-0.3, -0.25) is 4.79 Å². The normalized spacial score (nSPS) is 10.7. The van der Waals surface area contributed by atoms with Crippen LogP contribution < -0.4 is 9.47 Å². The number of allylic oxidation sites excluding steroid dienone is 1. The van der Waals surface area contributed by atoms with Gasteiger partial charge in [0.2, 0.25) is 0 Å². The van der Waals surface area contributed by atoms with Crippen molar-refractivity contribution < 1.29 is 14.3 Å². The van der Waals surface area contributed by atoms with Gasteiger partial charge >= 0.3 is 0 Å². The van der Waals surface area contributed by atoms with Gasteiger partial charge in [-0.2, -0.15) is 0 Å². The molecule has 0 unspecified atom stereocenters. The summed E-state index contributed by atoms with van der Waals surface area (Å²) in [5.41, 5.74) is 2.71. The van der Waals surface area contributed by atoms with Crippen LogP contribution in [-0.4, -0.2) is 12.4 Å². The standard InChI is InChI=1S/C24H22O3/c1-2-26-22-15-11-21(12-16-22)24(25)17-10-19-8-13-23(14-9-19)27-18-20-6-4-3-5-7-20/h3-17H,2,18H2,1H3/b17-10+. The molecule has 136 valence electrons. The fraction of sp³-hybridized carbons (Fsp3) is 0.125. The van der Waals surface area contributed by atoms with Crippen molar-refractivity contribution in [2.45, 2.75) is 13.5 Å². The largest absolute Gasteiger partial charge is 0.494 e. The summed E-state index contributed by atoms with van der Waals surface area (Å²) in [6.07, 6.45) is 3.38. The highest BCUT2D eigenvalue weighted by Gasteiger charge is 2.02. The van der Waals surface area contributed by atoms with Crippen LogP contribution in [0.15, 0.2) is 84.9 Å². The molecule has 0 aromatic heterocycles. The fourth-order valence-corrected chi connectivity index (χ4v) is 2.57. The summed E-state index contributed by atoms with van der Waals surface area (Å²) in [6.45, 7) is 3.07. The zero-order valence-electron chi connectivity index (χ0n) is 15.3. The Hall–Kier alpha value is -3.33. The van der Waals surface area contributed by atoms with Crippen molar-refractivity contribution >= 4 is 11.9 Å². The Labute approximate surface area is 159 Å². The summed E-state index contributed by atoms with van der Waals surface area (Å²) in [6, 6.07) is 24.9. The molecule has 0 saturated carbocycles. The number of ether oxygens (including phenoxy) is 2. The Morgan fingerprint density at radius 2 is 1.44 bits per heavy atom. The van der Waals surface area contributed by atoms with Crippen molar-refractivity contribution in [1.82, 2.24) is 0 Å². The van der Waals surface area contributed by atoms with E-state index in [4.69, 9.17) is 9.47 Å². The zero-order chi connectivity index (χ0) is 18.9. The molecule has 0 fully saturated rings. The number of rotatable bonds is 8. The SMILES string of the molecule is CCOc1ccc(C(=O)/C=C/c2ccc(OCc3ccccc3)cc2)cc1. The first-order valence-electron chi connectivity index (χ1n) is 8.96. The van der Waals surface area contributed by atoms with Crippen molar-refractivity contribution in [1.29, 1.82) is 0 Å². The third kappa shape index (κ3) is 5.58. The number of carbonyl (C=O) groups is 1. The van der Waals surface area contributed by atoms with Gasteiger partial charge < -0.3 is 9.47 Å². The van der Waals surface area contributed by atoms with Crippen LogP contribution in [0.2, 0.25) is 0 Å². The van der Waals surface area contributed by atoms with Gasteiger partial charge in [-0.15, -0.1) is 0 Å². The van der Waals surface area contributed by atoms with Crippen molar-refractivity contribution in [2.75, 3.05) is 6.61 Å². The summed E-state index contributed by atoms with van der Waals surface area (Å²) in [7, 11) is 0. The number of ketones is 1. The molecule has 3 heteroatoms. The molecule has 3 aromatic rings. The highest BCUT2D eigenvalue weighted by molar-refractivity contribution is 6.06. The number of benzene rings is 3. The maximum atomic E-state index is 12.3. The first-order chi connectivity index (χ1) is 13.2. The summed E-state index contributed by atoms with van der Waals surface area (Å²) in [5, 5.41) is 0. The van der Waals surface area contributed by atoms with E-state index in [1.54, 1.807) is 24.3 Å². The Morgan fingerprint density at radius 1 is 0.815 bits per heavy atom. The van der Waals surface area contributed by atoms with Gasteiger partial charge in [-0.05, 0) is 60.5 Å². The first kappa shape index (κ1) is 18.5. The van der Waals surface area contributed by atoms with Gasteiger partial charge in [0.1, 0.15) is 18.1 Å². The lowest BCUT2D eigenvalue weighted by Gasteiger charge is -2.06. The van der Waals surface area contributed by atoms with Crippen molar-refractivity contribution in [2.24, 2.45) is 0 Å². The molecule has 27 heavy (non-hydrogen) atoms. The minimum absolute atomic E-state index is 0.0394. The Kier molecular flexibility index (Phi) is 6.42. The molecule has 0 spiro atoms. The lowest BCUT2D eigenvalue weighted by atomic mass is 10.1. The first-order valence-corrected chi connectivity index (χ1v) is 8.96. The van der Waals surface area contributed by atoms with Gasteiger partial charge in [0.15, 0.2) is 5.78 Å². The fourth-order valence-electron chi connectivity index (χ4n) is 2.57. The second-order valence-electron chi connectivity index (χ2n) is 6.00. The summed E-state index contributed by atoms with van der Waals surface area (Å²) in [5.74, 6) is 1.53. The Bertz CT molecular complexity index is 879. The predicted octanol–water partition coefficient (Wildman–Crippen LogP) is 5.56. The summed E-state index contributed by atoms with van der Waals surface area (Å²) < 4.78 is 11.2. The van der Waals surface area contributed by atoms with E-state index in [9.17, 15) is 4.79 Å². The molecule has 0 aliphatic carbocycles. The lowest BCUT2D eigenvalue weighted by Crippen LogP contribution is -1.96. The number of hydrogen-bond donors (Lipinski definition) is 0. The van der Waals surface area contributed by atoms with E-state index in [1.807, 2.05) is 73.7 Å². The molecular weight excluding hydrogens is 336 g/mol. The van der Waals surface area contributed by atoms with Gasteiger partial charge in [0.05, 0.1) is 6.61 Å². The quantitative estimate of drug-likeness (QED) is 0.391. The van der Waals surface area contributed by atoms with Crippen LogP contribution in [-0.2, 0) is 6.61 Å². The number of carbonyl (C=O) groups excluding carboxylic acids is 1. The van der Waals surface area contributed by atoms with Crippen LogP contribution in [0.4, 0.5) is 0 Å². The molecule has 0 heterocycles. The summed E-state index contributed by atoms with van der Waals surface area (Å²) in [4.78, 5) is 12.3. The highest BCUT2D eigenvalue weighted by atomic mass is 16.5. The van der Waals surface area contributed by atoms with Crippen LogP contribution in [0.5, 0.6) is 11.5 Å². The average molecular weight is 358 g/mol. The molecule has 0 bridgehead atoms. The maximum absolute atomic E-state index is 12.3. The molecule has 0 radical (unpaired) electrons. The average Bonchev–Trinajstić information content (AvgIpc) is 2.73. The third-order valence-corrected chi connectivity index (χ3v) is 4.01. The van der Waals surface area contributed by atoms with Gasteiger partial charge in [-0.25, -0.2) is 0 Å². The van der Waals surface area contributed by atoms with E-state index in [2.05, 4.69) is 0 Å². The van der Waals surface area contributed by atoms with Crippen molar-refractivity contribution in [3.8, 4) is 11.5 Å². The van der Waals surface area contributed by atoms with Crippen LogP contribution in [0, 0.1) is 0 Å². The van der Waals surface area contributed by atoms with Gasteiger partial charge in [0, 0.05) is 5.56 Å². The van der Waals surface area contributed by atoms with E-state index >= 15 is 0 Å². The predicted molar refractivity (Wildman–Crippen MR) is 108 cm³/mol. The van der Waals surface area contributed by atoms with Crippen LogP contribution in [0.1, 0.15) is 28.4 Å². The molecule has 3 aromatic carbocycles. The Balaban J connectivity index is 1.56. The molecule has 0 amide bonds. The minimum atomic E-state index is -0.0394. The molecule has 0 aliphatic rings. The molecular formula is C24H22O3. The second kappa shape index (κ2) is 9.39. The van der Waals surface area contributed by atoms with Gasteiger partial charge in [-0.1, -0.05) is 48.5 Å². The monoisotopic (exact) mass is 358 g/mol. The van der Waals surface area contributed by atoms with Crippen LogP contribution in [0.25, 0.3) is 6.08 Å². The van der Waals surface area contributed by atoms with E-state index < -0.39 is 0 Å². The molecule has 3 rings (SSSR count). The smallest absolute Gasteiger partial charge is 0.185 e. The topological polar surface area (TPSA) is 35.5 Å². The third-order valence-electron chi connectivity index (χ3n) is 4.01. The molecule has 0 atom stereocenters. The molecule has 0 saturated heterocycles. The Morgan fingerprint density at radius 3 is 2.11 bits per heavy atom. The van der Waals surface area contributed by atoms with Crippen molar-refractivity contribution in [3.63, 3.8) is 0 Å². The van der Waals surface area contributed by atoms with E-state index in [0.29, 0.717) is 18.8 Å². The van der Waals surface area contributed by atoms with E-state index in [-0.39, 0.29) is 5.78 Å². The summed E-state index contributed by atoms with van der Waals surface area (Å²) >= 11 is 0. The van der Waals surface area contributed by atoms with E-state index in [0.717, 1.165) is 22.6 Å².